The molecule has 0 aliphatic rings. The van der Waals surface area contributed by atoms with Crippen LogP contribution in [-0.4, -0.2) is 4.98 Å². The van der Waals surface area contributed by atoms with Crippen molar-refractivity contribution < 1.29 is 0 Å². The van der Waals surface area contributed by atoms with Crippen molar-refractivity contribution in [1.29, 1.82) is 0 Å². The lowest BCUT2D eigenvalue weighted by Gasteiger charge is -1.86. The van der Waals surface area contributed by atoms with Gasteiger partial charge in [0.25, 0.3) is 0 Å². The summed E-state index contributed by atoms with van der Waals surface area (Å²) in [4.78, 5) is 5.72. The van der Waals surface area contributed by atoms with Crippen LogP contribution in [0, 0.1) is 0 Å². The molecule has 0 fully saturated rings. The minimum Gasteiger partial charge on any atom is -0.239 e. The molecule has 5 heteroatoms. The second-order valence-electron chi connectivity index (χ2n) is 3.08. The van der Waals surface area contributed by atoms with Crippen LogP contribution in [0.15, 0.2) is 22.2 Å². The van der Waals surface area contributed by atoms with Gasteiger partial charge in [0.15, 0.2) is 0 Å². The normalized spacial score (nSPS) is 11.3. The zero-order chi connectivity index (χ0) is 10.3. The highest BCUT2D eigenvalue weighted by Gasteiger charge is 2.08. The van der Waals surface area contributed by atoms with Crippen molar-refractivity contribution in [3.8, 4) is 9.88 Å². The van der Waals surface area contributed by atoms with E-state index in [0.717, 1.165) is 10.7 Å². The number of fused-ring (bicyclic) bond motifs is 1. The Balaban J connectivity index is 2.09. The van der Waals surface area contributed by atoms with Crippen LogP contribution in [-0.2, 0) is 5.88 Å². The molecule has 0 aliphatic heterocycles. The first kappa shape index (κ1) is 9.78. The van der Waals surface area contributed by atoms with Gasteiger partial charge in [0.05, 0.1) is 16.5 Å². The number of thiazole rings is 1. The quantitative estimate of drug-likeness (QED) is 0.609. The first-order valence-corrected chi connectivity index (χ1v) is 7.50. The summed E-state index contributed by atoms with van der Waals surface area (Å²) >= 11 is 10.9. The Hall–Kier alpha value is -0.420. The van der Waals surface area contributed by atoms with E-state index in [4.69, 9.17) is 11.6 Å². The third-order valence-electron chi connectivity index (χ3n) is 2.06. The summed E-state index contributed by atoms with van der Waals surface area (Å²) in [6.45, 7) is 0. The molecule has 0 amide bonds. The van der Waals surface area contributed by atoms with Crippen LogP contribution in [0.5, 0.6) is 0 Å². The molecular formula is C10H6ClNS3. The highest BCUT2D eigenvalue weighted by Crippen LogP contribution is 2.36. The minimum absolute atomic E-state index is 0.496. The monoisotopic (exact) mass is 271 g/mol. The van der Waals surface area contributed by atoms with Gasteiger partial charge in [-0.1, -0.05) is 0 Å². The Morgan fingerprint density at radius 3 is 2.93 bits per heavy atom. The molecule has 0 saturated heterocycles. The van der Waals surface area contributed by atoms with Crippen molar-refractivity contribution in [3.63, 3.8) is 0 Å². The van der Waals surface area contributed by atoms with E-state index in [1.807, 2.05) is 5.38 Å². The molecule has 3 heterocycles. The summed E-state index contributed by atoms with van der Waals surface area (Å²) in [6, 6.07) is 2.20. The summed E-state index contributed by atoms with van der Waals surface area (Å²) < 4.78 is 1.35. The average molecular weight is 272 g/mol. The number of aromatic nitrogens is 1. The van der Waals surface area contributed by atoms with Crippen LogP contribution in [0.4, 0.5) is 0 Å². The highest BCUT2D eigenvalue weighted by molar-refractivity contribution is 7.27. The van der Waals surface area contributed by atoms with Crippen molar-refractivity contribution in [3.05, 3.63) is 27.9 Å². The molecule has 15 heavy (non-hydrogen) atoms. The number of nitrogens with zero attached hydrogens (tertiary/aromatic N) is 1. The molecule has 3 aromatic rings. The van der Waals surface area contributed by atoms with Gasteiger partial charge < -0.3 is 0 Å². The Bertz CT molecular complexity index is 564. The maximum Gasteiger partial charge on any atom is 0.133 e. The largest absolute Gasteiger partial charge is 0.239 e. The maximum atomic E-state index is 5.73. The zero-order valence-corrected chi connectivity index (χ0v) is 10.8. The standard InChI is InChI=1S/C10H6ClNS3/c11-2-7-4-14-10(12-7)8-1-6-3-13-5-9(6)15-8/h1,3-5H,2H2. The fraction of sp³-hybridized carbons (Fsp3) is 0.100. The molecule has 0 unspecified atom stereocenters. The van der Waals surface area contributed by atoms with Gasteiger partial charge in [0.1, 0.15) is 5.01 Å². The Morgan fingerprint density at radius 2 is 2.20 bits per heavy atom. The fourth-order valence-electron chi connectivity index (χ4n) is 1.36. The number of hydrogen-bond acceptors (Lipinski definition) is 4. The van der Waals surface area contributed by atoms with Gasteiger partial charge in [-0.05, 0) is 11.4 Å². The van der Waals surface area contributed by atoms with Crippen LogP contribution in [0.25, 0.3) is 20.0 Å². The van der Waals surface area contributed by atoms with Gasteiger partial charge in [0, 0.05) is 20.8 Å². The van der Waals surface area contributed by atoms with E-state index in [2.05, 4.69) is 21.8 Å². The molecule has 0 atom stereocenters. The molecule has 0 spiro atoms. The number of thiophene rings is 2. The predicted octanol–water partition coefficient (Wildman–Crippen LogP) is 4.83. The van der Waals surface area contributed by atoms with Gasteiger partial charge in [-0.15, -0.1) is 34.3 Å². The number of halogens is 1. The Labute approximate surface area is 104 Å². The van der Waals surface area contributed by atoms with Crippen LogP contribution >= 0.6 is 45.6 Å². The van der Waals surface area contributed by atoms with Gasteiger partial charge in [-0.2, -0.15) is 11.3 Å². The number of rotatable bonds is 2. The molecule has 3 rings (SSSR count). The van der Waals surface area contributed by atoms with Gasteiger partial charge in [-0.25, -0.2) is 4.98 Å². The van der Waals surface area contributed by atoms with E-state index in [1.54, 1.807) is 34.0 Å². The lowest BCUT2D eigenvalue weighted by atomic mass is 10.4. The minimum atomic E-state index is 0.496. The van der Waals surface area contributed by atoms with E-state index < -0.39 is 0 Å². The molecule has 0 aromatic carbocycles. The lowest BCUT2D eigenvalue weighted by Crippen LogP contribution is -1.75. The Morgan fingerprint density at radius 1 is 1.27 bits per heavy atom. The molecule has 0 N–H and O–H groups in total. The van der Waals surface area contributed by atoms with Crippen molar-refractivity contribution in [1.82, 2.24) is 4.98 Å². The average Bonchev–Trinajstić information content (AvgIpc) is 2.91. The van der Waals surface area contributed by atoms with E-state index in [-0.39, 0.29) is 0 Å². The van der Waals surface area contributed by atoms with E-state index in [1.165, 1.54) is 15.0 Å². The molecule has 3 aromatic heterocycles. The molecular weight excluding hydrogens is 266 g/mol. The zero-order valence-electron chi connectivity index (χ0n) is 7.57. The smallest absolute Gasteiger partial charge is 0.133 e. The van der Waals surface area contributed by atoms with Crippen molar-refractivity contribution >= 4 is 55.7 Å². The lowest BCUT2D eigenvalue weighted by molar-refractivity contribution is 1.23. The van der Waals surface area contributed by atoms with E-state index in [9.17, 15) is 0 Å². The van der Waals surface area contributed by atoms with Gasteiger partial charge >= 0.3 is 0 Å². The first-order valence-electron chi connectivity index (χ1n) is 4.33. The molecule has 0 bridgehead atoms. The van der Waals surface area contributed by atoms with Crippen LogP contribution in [0.2, 0.25) is 0 Å². The van der Waals surface area contributed by atoms with Gasteiger partial charge in [-0.3, -0.25) is 0 Å². The third-order valence-corrected chi connectivity index (χ3v) is 5.40. The van der Waals surface area contributed by atoms with Crippen LogP contribution in [0.1, 0.15) is 5.69 Å². The van der Waals surface area contributed by atoms with E-state index in [0.29, 0.717) is 5.88 Å². The molecule has 0 saturated carbocycles. The summed E-state index contributed by atoms with van der Waals surface area (Å²) in [5.74, 6) is 0.496. The molecule has 1 nitrogen and oxygen atoms in total. The summed E-state index contributed by atoms with van der Waals surface area (Å²) in [5, 5.41) is 8.78. The summed E-state index contributed by atoms with van der Waals surface area (Å²) in [7, 11) is 0. The molecule has 0 aliphatic carbocycles. The fourth-order valence-corrected chi connectivity index (χ4v) is 4.48. The van der Waals surface area contributed by atoms with Crippen molar-refractivity contribution in [2.75, 3.05) is 0 Å². The number of alkyl halides is 1. The van der Waals surface area contributed by atoms with Crippen molar-refractivity contribution in [2.24, 2.45) is 0 Å². The van der Waals surface area contributed by atoms with Crippen molar-refractivity contribution in [2.45, 2.75) is 5.88 Å². The SMILES string of the molecule is ClCc1csc(-c2cc3cscc3s2)n1. The first-order chi connectivity index (χ1) is 7.36. The predicted molar refractivity (Wildman–Crippen MR) is 70.4 cm³/mol. The van der Waals surface area contributed by atoms with Gasteiger partial charge in [0.2, 0.25) is 0 Å². The maximum absolute atomic E-state index is 5.73. The second kappa shape index (κ2) is 3.87. The molecule has 76 valence electrons. The van der Waals surface area contributed by atoms with Crippen LogP contribution in [0.3, 0.4) is 0 Å². The van der Waals surface area contributed by atoms with Crippen LogP contribution < -0.4 is 0 Å². The summed E-state index contributed by atoms with van der Waals surface area (Å²) in [5.41, 5.74) is 0.965. The number of hydrogen-bond donors (Lipinski definition) is 0. The Kier molecular flexibility index (Phi) is 2.52. The topological polar surface area (TPSA) is 12.9 Å². The second-order valence-corrected chi connectivity index (χ2v) is 6.03. The summed E-state index contributed by atoms with van der Waals surface area (Å²) in [6.07, 6.45) is 0. The highest BCUT2D eigenvalue weighted by atomic mass is 35.5. The third kappa shape index (κ3) is 1.72. The molecule has 0 radical (unpaired) electrons. The van der Waals surface area contributed by atoms with E-state index >= 15 is 0 Å².